The molecule has 0 aliphatic heterocycles. The Kier molecular flexibility index (Phi) is 3.99. The zero-order valence-electron chi connectivity index (χ0n) is 13.5. The van der Waals surface area contributed by atoms with Gasteiger partial charge < -0.3 is 5.32 Å². The Balaban J connectivity index is 1.55. The van der Waals surface area contributed by atoms with E-state index in [1.165, 1.54) is 18.4 Å². The third-order valence-electron chi connectivity index (χ3n) is 4.60. The summed E-state index contributed by atoms with van der Waals surface area (Å²) in [6.45, 7) is 0.672. The van der Waals surface area contributed by atoms with Gasteiger partial charge in [0.25, 0.3) is 5.91 Å². The highest BCUT2D eigenvalue weighted by Crippen LogP contribution is 2.19. The average molecular weight is 320 g/mol. The molecule has 5 heteroatoms. The number of benzene rings is 1. The fraction of sp³-hybridized carbons (Fsp3) is 0.316. The predicted octanol–water partition coefficient (Wildman–Crippen LogP) is 3.15. The van der Waals surface area contributed by atoms with Crippen molar-refractivity contribution in [3.8, 4) is 0 Å². The van der Waals surface area contributed by atoms with Gasteiger partial charge in [0.2, 0.25) is 0 Å². The molecule has 24 heavy (non-hydrogen) atoms. The van der Waals surface area contributed by atoms with Crippen molar-refractivity contribution in [2.24, 2.45) is 0 Å². The molecule has 5 nitrogen and oxygen atoms in total. The van der Waals surface area contributed by atoms with Crippen molar-refractivity contribution in [3.63, 3.8) is 0 Å². The molecule has 1 aliphatic carbocycles. The molecule has 1 aliphatic rings. The van der Waals surface area contributed by atoms with Crippen LogP contribution < -0.4 is 5.32 Å². The molecule has 2 aromatic heterocycles. The lowest BCUT2D eigenvalue weighted by molar-refractivity contribution is 0.0937. The number of nitrogens with zero attached hydrogens (tertiary/aromatic N) is 3. The quantitative estimate of drug-likeness (QED) is 0.803. The van der Waals surface area contributed by atoms with Crippen LogP contribution in [0.3, 0.4) is 0 Å². The fourth-order valence-corrected chi connectivity index (χ4v) is 3.31. The smallest absolute Gasteiger partial charge is 0.253 e. The van der Waals surface area contributed by atoms with Gasteiger partial charge in [0.15, 0.2) is 5.65 Å². The molecular weight excluding hydrogens is 300 g/mol. The molecule has 3 aromatic rings. The van der Waals surface area contributed by atoms with Crippen molar-refractivity contribution in [2.75, 3.05) is 0 Å². The number of pyridine rings is 1. The van der Waals surface area contributed by atoms with Crippen LogP contribution >= 0.6 is 0 Å². The second-order valence-electron chi connectivity index (χ2n) is 6.38. The summed E-state index contributed by atoms with van der Waals surface area (Å²) in [5, 5.41) is 8.41. The lowest BCUT2D eigenvalue weighted by Gasteiger charge is -2.11. The second kappa shape index (κ2) is 6.43. The number of fused-ring (bicyclic) bond motifs is 1. The Hall–Kier alpha value is -2.69. The van der Waals surface area contributed by atoms with E-state index >= 15 is 0 Å². The molecular formula is C19H20N4O. The van der Waals surface area contributed by atoms with Crippen molar-refractivity contribution in [3.05, 3.63) is 59.9 Å². The van der Waals surface area contributed by atoms with Crippen molar-refractivity contribution in [2.45, 2.75) is 38.3 Å². The highest BCUT2D eigenvalue weighted by atomic mass is 16.1. The van der Waals surface area contributed by atoms with E-state index in [4.69, 9.17) is 0 Å². The van der Waals surface area contributed by atoms with Gasteiger partial charge in [0.05, 0.1) is 18.3 Å². The van der Waals surface area contributed by atoms with Gasteiger partial charge in [0.1, 0.15) is 0 Å². The van der Waals surface area contributed by atoms with E-state index in [-0.39, 0.29) is 5.91 Å². The molecule has 1 fully saturated rings. The molecule has 1 aromatic carbocycles. The van der Waals surface area contributed by atoms with Crippen LogP contribution in [0.25, 0.3) is 11.0 Å². The maximum Gasteiger partial charge on any atom is 0.253 e. The van der Waals surface area contributed by atoms with Gasteiger partial charge in [-0.25, -0.2) is 9.67 Å². The number of hydrogen-bond acceptors (Lipinski definition) is 3. The number of carbonyl (C=O) groups is 1. The molecule has 1 amide bonds. The molecule has 4 rings (SSSR count). The van der Waals surface area contributed by atoms with Gasteiger partial charge >= 0.3 is 0 Å². The third-order valence-corrected chi connectivity index (χ3v) is 4.60. The summed E-state index contributed by atoms with van der Waals surface area (Å²) in [7, 11) is 0. The number of amides is 1. The Morgan fingerprint density at radius 3 is 2.75 bits per heavy atom. The van der Waals surface area contributed by atoms with Gasteiger partial charge in [-0.2, -0.15) is 5.10 Å². The Morgan fingerprint density at radius 1 is 1.17 bits per heavy atom. The van der Waals surface area contributed by atoms with Crippen LogP contribution in [-0.2, 0) is 6.54 Å². The highest BCUT2D eigenvalue weighted by molar-refractivity contribution is 5.97. The first-order valence-corrected chi connectivity index (χ1v) is 8.46. The van der Waals surface area contributed by atoms with E-state index in [1.54, 1.807) is 12.4 Å². The zero-order valence-corrected chi connectivity index (χ0v) is 13.5. The zero-order chi connectivity index (χ0) is 16.4. The van der Waals surface area contributed by atoms with Crippen LogP contribution in [0.1, 0.15) is 41.6 Å². The lowest BCUT2D eigenvalue weighted by atomic mass is 10.2. The summed E-state index contributed by atoms with van der Waals surface area (Å²) in [6.07, 6.45) is 7.99. The number of rotatable bonds is 4. The topological polar surface area (TPSA) is 59.8 Å². The maximum absolute atomic E-state index is 12.4. The van der Waals surface area contributed by atoms with Crippen molar-refractivity contribution < 1.29 is 4.79 Å². The molecule has 0 saturated heterocycles. The number of aromatic nitrogens is 3. The summed E-state index contributed by atoms with van der Waals surface area (Å²) in [6, 6.07) is 12.3. The van der Waals surface area contributed by atoms with E-state index in [1.807, 2.05) is 28.9 Å². The molecule has 1 N–H and O–H groups in total. The first-order chi connectivity index (χ1) is 11.8. The molecule has 122 valence electrons. The number of nitrogens with one attached hydrogen (secondary N) is 1. The Bertz CT molecular complexity index is 850. The van der Waals surface area contributed by atoms with E-state index in [0.717, 1.165) is 23.9 Å². The van der Waals surface area contributed by atoms with Crippen molar-refractivity contribution >= 4 is 16.9 Å². The maximum atomic E-state index is 12.4. The standard InChI is InChI=1S/C19H20N4O/c24-19(22-17-8-4-5-9-17)16-10-15-12-21-23(18(15)20-11-16)13-14-6-2-1-3-7-14/h1-3,6-7,10-12,17H,4-5,8-9,13H2,(H,22,24). The van der Waals surface area contributed by atoms with Gasteiger partial charge in [-0.1, -0.05) is 43.2 Å². The average Bonchev–Trinajstić information content (AvgIpc) is 3.25. The fourth-order valence-electron chi connectivity index (χ4n) is 3.31. The molecule has 1 saturated carbocycles. The Labute approximate surface area is 140 Å². The van der Waals surface area contributed by atoms with E-state index in [0.29, 0.717) is 18.2 Å². The first-order valence-electron chi connectivity index (χ1n) is 8.46. The van der Waals surface area contributed by atoms with E-state index in [9.17, 15) is 4.79 Å². The summed E-state index contributed by atoms with van der Waals surface area (Å²) in [4.78, 5) is 16.8. The summed E-state index contributed by atoms with van der Waals surface area (Å²) >= 11 is 0. The highest BCUT2D eigenvalue weighted by Gasteiger charge is 2.18. The van der Waals surface area contributed by atoms with Gasteiger partial charge in [-0.15, -0.1) is 0 Å². The van der Waals surface area contributed by atoms with Gasteiger partial charge in [-0.05, 0) is 24.5 Å². The van der Waals surface area contributed by atoms with E-state index < -0.39 is 0 Å². The summed E-state index contributed by atoms with van der Waals surface area (Å²) < 4.78 is 1.86. The molecule has 0 spiro atoms. The van der Waals surface area contributed by atoms with Crippen LogP contribution in [0.15, 0.2) is 48.8 Å². The summed E-state index contributed by atoms with van der Waals surface area (Å²) in [5.41, 5.74) is 2.58. The molecule has 0 atom stereocenters. The normalized spacial score (nSPS) is 15.0. The molecule has 0 unspecified atom stereocenters. The predicted molar refractivity (Wildman–Crippen MR) is 92.8 cm³/mol. The van der Waals surface area contributed by atoms with Crippen molar-refractivity contribution in [1.29, 1.82) is 0 Å². The molecule has 0 radical (unpaired) electrons. The molecule has 2 heterocycles. The van der Waals surface area contributed by atoms with Crippen LogP contribution in [0.2, 0.25) is 0 Å². The van der Waals surface area contributed by atoms with Gasteiger partial charge in [0, 0.05) is 17.6 Å². The first kappa shape index (κ1) is 14.9. The summed E-state index contributed by atoms with van der Waals surface area (Å²) in [5.74, 6) is -0.0351. The minimum Gasteiger partial charge on any atom is -0.349 e. The number of carbonyl (C=O) groups excluding carboxylic acids is 1. The second-order valence-corrected chi connectivity index (χ2v) is 6.38. The Morgan fingerprint density at radius 2 is 1.96 bits per heavy atom. The van der Waals surface area contributed by atoms with Crippen LogP contribution in [-0.4, -0.2) is 26.7 Å². The van der Waals surface area contributed by atoms with Crippen LogP contribution in [0.4, 0.5) is 0 Å². The largest absolute Gasteiger partial charge is 0.349 e. The number of hydrogen-bond donors (Lipinski definition) is 1. The SMILES string of the molecule is O=C(NC1CCCC1)c1cnc2c(cnn2Cc2ccccc2)c1. The van der Waals surface area contributed by atoms with Crippen LogP contribution in [0, 0.1) is 0 Å². The molecule has 0 bridgehead atoms. The van der Waals surface area contributed by atoms with Crippen molar-refractivity contribution in [1.82, 2.24) is 20.1 Å². The minimum atomic E-state index is -0.0351. The third kappa shape index (κ3) is 3.02. The monoisotopic (exact) mass is 320 g/mol. The van der Waals surface area contributed by atoms with E-state index in [2.05, 4.69) is 27.5 Å². The van der Waals surface area contributed by atoms with Crippen LogP contribution in [0.5, 0.6) is 0 Å². The lowest BCUT2D eigenvalue weighted by Crippen LogP contribution is -2.32. The van der Waals surface area contributed by atoms with Gasteiger partial charge in [-0.3, -0.25) is 4.79 Å². The minimum absolute atomic E-state index is 0.0351.